The fourth-order valence-electron chi connectivity index (χ4n) is 4.45. The van der Waals surface area contributed by atoms with E-state index in [-0.39, 0.29) is 11.9 Å². The second kappa shape index (κ2) is 9.08. The Balaban J connectivity index is 1.65. The lowest BCUT2D eigenvalue weighted by Crippen LogP contribution is -2.36. The standard InChI is InChI=1S/C26H23BrClN3O/c27-19-12-8-17(9-13-19)23-24(18-10-14-20(28)15-11-18)31-16-4-7-22(25(31)30-23)26(32)29-21-5-2-1-3-6-21/h4,7-16,21H,1-3,5-6H2,(H,29,32). The molecule has 6 heteroatoms. The van der Waals surface area contributed by atoms with E-state index >= 15 is 0 Å². The van der Waals surface area contributed by atoms with Crippen molar-refractivity contribution in [1.82, 2.24) is 14.7 Å². The summed E-state index contributed by atoms with van der Waals surface area (Å²) >= 11 is 9.65. The Hall–Kier alpha value is -2.63. The second-order valence-electron chi connectivity index (χ2n) is 8.25. The van der Waals surface area contributed by atoms with Crippen LogP contribution in [0.15, 0.2) is 71.3 Å². The van der Waals surface area contributed by atoms with E-state index in [2.05, 4.69) is 21.2 Å². The zero-order valence-corrected chi connectivity index (χ0v) is 19.9. The number of pyridine rings is 1. The molecule has 1 aliphatic carbocycles. The third-order valence-electron chi connectivity index (χ3n) is 6.07. The molecule has 0 unspecified atom stereocenters. The van der Waals surface area contributed by atoms with Gasteiger partial charge in [0.1, 0.15) is 0 Å². The molecule has 162 valence electrons. The summed E-state index contributed by atoms with van der Waals surface area (Å²) in [5.74, 6) is -0.0579. The average Bonchev–Trinajstić information content (AvgIpc) is 3.20. The maximum Gasteiger partial charge on any atom is 0.255 e. The van der Waals surface area contributed by atoms with Gasteiger partial charge in [-0.25, -0.2) is 4.98 Å². The fourth-order valence-corrected chi connectivity index (χ4v) is 4.84. The lowest BCUT2D eigenvalue weighted by molar-refractivity contribution is 0.0929. The van der Waals surface area contributed by atoms with Gasteiger partial charge >= 0.3 is 0 Å². The van der Waals surface area contributed by atoms with Crippen molar-refractivity contribution in [3.05, 3.63) is 81.9 Å². The van der Waals surface area contributed by atoms with Crippen molar-refractivity contribution < 1.29 is 4.79 Å². The minimum Gasteiger partial charge on any atom is -0.349 e. The molecule has 2 heterocycles. The van der Waals surface area contributed by atoms with Gasteiger partial charge in [-0.1, -0.05) is 71.1 Å². The van der Waals surface area contributed by atoms with Crippen LogP contribution in [0.5, 0.6) is 0 Å². The summed E-state index contributed by atoms with van der Waals surface area (Å²) in [4.78, 5) is 18.2. The van der Waals surface area contributed by atoms with Gasteiger partial charge < -0.3 is 5.32 Å². The van der Waals surface area contributed by atoms with Gasteiger partial charge in [0.2, 0.25) is 0 Å². The van der Waals surface area contributed by atoms with Crippen molar-refractivity contribution >= 4 is 39.1 Å². The Bertz CT molecular complexity index is 1260. The summed E-state index contributed by atoms with van der Waals surface area (Å²) in [6, 6.07) is 19.8. The topological polar surface area (TPSA) is 46.4 Å². The molecule has 0 radical (unpaired) electrons. The average molecular weight is 509 g/mol. The summed E-state index contributed by atoms with van der Waals surface area (Å²) in [5, 5.41) is 3.92. The molecule has 0 saturated heterocycles. The van der Waals surface area contributed by atoms with Crippen molar-refractivity contribution in [3.63, 3.8) is 0 Å². The Labute approximate surface area is 200 Å². The molecule has 1 fully saturated rings. The molecule has 32 heavy (non-hydrogen) atoms. The van der Waals surface area contributed by atoms with E-state index in [4.69, 9.17) is 16.6 Å². The van der Waals surface area contributed by atoms with Gasteiger partial charge in [0.25, 0.3) is 5.91 Å². The number of benzene rings is 2. The van der Waals surface area contributed by atoms with Crippen molar-refractivity contribution in [2.45, 2.75) is 38.1 Å². The van der Waals surface area contributed by atoms with Gasteiger partial charge in [0.05, 0.1) is 17.0 Å². The molecule has 0 spiro atoms. The highest BCUT2D eigenvalue weighted by Gasteiger charge is 2.22. The van der Waals surface area contributed by atoms with E-state index < -0.39 is 0 Å². The Kier molecular flexibility index (Phi) is 6.03. The molecule has 5 rings (SSSR count). The summed E-state index contributed by atoms with van der Waals surface area (Å²) < 4.78 is 3.02. The molecule has 0 aliphatic heterocycles. The summed E-state index contributed by atoms with van der Waals surface area (Å²) in [6.45, 7) is 0. The third kappa shape index (κ3) is 4.19. The minimum atomic E-state index is -0.0579. The van der Waals surface area contributed by atoms with E-state index in [1.807, 2.05) is 71.3 Å². The van der Waals surface area contributed by atoms with Gasteiger partial charge in [-0.2, -0.15) is 0 Å². The van der Waals surface area contributed by atoms with Gasteiger partial charge in [0, 0.05) is 32.9 Å². The number of amides is 1. The number of hydrogen-bond donors (Lipinski definition) is 1. The number of imidazole rings is 1. The van der Waals surface area contributed by atoms with Crippen LogP contribution >= 0.6 is 27.5 Å². The zero-order chi connectivity index (χ0) is 22.1. The molecule has 2 aromatic heterocycles. The van der Waals surface area contributed by atoms with E-state index in [0.717, 1.165) is 39.8 Å². The van der Waals surface area contributed by atoms with Gasteiger partial charge in [-0.15, -0.1) is 0 Å². The van der Waals surface area contributed by atoms with E-state index in [1.165, 1.54) is 19.3 Å². The molecule has 1 aliphatic rings. The first kappa shape index (κ1) is 21.2. The zero-order valence-electron chi connectivity index (χ0n) is 17.5. The highest BCUT2D eigenvalue weighted by molar-refractivity contribution is 9.10. The lowest BCUT2D eigenvalue weighted by atomic mass is 9.95. The quantitative estimate of drug-likeness (QED) is 0.318. The van der Waals surface area contributed by atoms with Gasteiger partial charge in [-0.3, -0.25) is 9.20 Å². The van der Waals surface area contributed by atoms with Crippen LogP contribution in [-0.2, 0) is 0 Å². The van der Waals surface area contributed by atoms with Gasteiger partial charge in [0.15, 0.2) is 5.65 Å². The van der Waals surface area contributed by atoms with Crippen LogP contribution in [0.4, 0.5) is 0 Å². The molecule has 4 aromatic rings. The molecule has 1 amide bonds. The van der Waals surface area contributed by atoms with Gasteiger partial charge in [-0.05, 0) is 49.2 Å². The normalized spacial score (nSPS) is 14.6. The number of rotatable bonds is 4. The first-order valence-corrected chi connectivity index (χ1v) is 12.1. The summed E-state index contributed by atoms with van der Waals surface area (Å²) in [7, 11) is 0. The van der Waals surface area contributed by atoms with E-state index in [1.54, 1.807) is 0 Å². The molecular weight excluding hydrogens is 486 g/mol. The summed E-state index contributed by atoms with van der Waals surface area (Å²) in [5.41, 5.74) is 4.99. The number of nitrogens with one attached hydrogen (secondary N) is 1. The van der Waals surface area contributed by atoms with E-state index in [9.17, 15) is 4.79 Å². The highest BCUT2D eigenvalue weighted by atomic mass is 79.9. The first-order valence-electron chi connectivity index (χ1n) is 10.9. The third-order valence-corrected chi connectivity index (χ3v) is 6.85. The maximum atomic E-state index is 13.2. The Morgan fingerprint density at radius 1 is 0.969 bits per heavy atom. The number of fused-ring (bicyclic) bond motifs is 1. The Morgan fingerprint density at radius 2 is 1.66 bits per heavy atom. The van der Waals surface area contributed by atoms with Crippen molar-refractivity contribution in [2.75, 3.05) is 0 Å². The molecule has 0 atom stereocenters. The SMILES string of the molecule is O=C(NC1CCCCC1)c1cccn2c(-c3ccc(Cl)cc3)c(-c3ccc(Br)cc3)nc12. The molecule has 2 aromatic carbocycles. The first-order chi connectivity index (χ1) is 15.6. The summed E-state index contributed by atoms with van der Waals surface area (Å²) in [6.07, 6.45) is 7.65. The van der Waals surface area contributed by atoms with Crippen LogP contribution in [-0.4, -0.2) is 21.3 Å². The second-order valence-corrected chi connectivity index (χ2v) is 9.60. The van der Waals surface area contributed by atoms with Crippen LogP contribution in [0.3, 0.4) is 0 Å². The number of halogens is 2. The van der Waals surface area contributed by atoms with Crippen LogP contribution in [0, 0.1) is 0 Å². The predicted octanol–water partition coefficient (Wildman–Crippen LogP) is 7.15. The number of carbonyl (C=O) groups is 1. The number of nitrogens with zero attached hydrogens (tertiary/aromatic N) is 2. The minimum absolute atomic E-state index is 0.0579. The molecule has 4 nitrogen and oxygen atoms in total. The van der Waals surface area contributed by atoms with Crippen molar-refractivity contribution in [3.8, 4) is 22.5 Å². The molecule has 1 saturated carbocycles. The van der Waals surface area contributed by atoms with E-state index in [0.29, 0.717) is 16.2 Å². The largest absolute Gasteiger partial charge is 0.349 e. The maximum absolute atomic E-state index is 13.2. The predicted molar refractivity (Wildman–Crippen MR) is 133 cm³/mol. The van der Waals surface area contributed by atoms with Crippen LogP contribution in [0.2, 0.25) is 5.02 Å². The van der Waals surface area contributed by atoms with Crippen LogP contribution in [0.25, 0.3) is 28.2 Å². The molecular formula is C26H23BrClN3O. The van der Waals surface area contributed by atoms with Crippen molar-refractivity contribution in [1.29, 1.82) is 0 Å². The Morgan fingerprint density at radius 3 is 2.38 bits per heavy atom. The monoisotopic (exact) mass is 507 g/mol. The fraction of sp³-hybridized carbons (Fsp3) is 0.231. The molecule has 0 bridgehead atoms. The van der Waals surface area contributed by atoms with Crippen LogP contribution < -0.4 is 5.32 Å². The number of hydrogen-bond acceptors (Lipinski definition) is 2. The van der Waals surface area contributed by atoms with Crippen LogP contribution in [0.1, 0.15) is 42.5 Å². The number of aromatic nitrogens is 2. The smallest absolute Gasteiger partial charge is 0.255 e. The number of carbonyl (C=O) groups excluding carboxylic acids is 1. The molecule has 1 N–H and O–H groups in total. The highest BCUT2D eigenvalue weighted by Crippen LogP contribution is 2.35. The lowest BCUT2D eigenvalue weighted by Gasteiger charge is -2.22. The van der Waals surface area contributed by atoms with Crippen molar-refractivity contribution in [2.24, 2.45) is 0 Å².